The van der Waals surface area contributed by atoms with Crippen LogP contribution in [0.1, 0.15) is 24.2 Å². The van der Waals surface area contributed by atoms with Gasteiger partial charge in [0.15, 0.2) is 0 Å². The molecule has 0 N–H and O–H groups in total. The molecular weight excluding hydrogens is 464 g/mol. The summed E-state index contributed by atoms with van der Waals surface area (Å²) in [6, 6.07) is 34.4. The highest BCUT2D eigenvalue weighted by Gasteiger charge is 2.13. The van der Waals surface area contributed by atoms with E-state index in [1.807, 2.05) is 0 Å². The molecule has 0 bridgehead atoms. The summed E-state index contributed by atoms with van der Waals surface area (Å²) in [4.78, 5) is 10.2. The van der Waals surface area contributed by atoms with Crippen LogP contribution in [0.5, 0.6) is 0 Å². The fourth-order valence-electron chi connectivity index (χ4n) is 6.11. The van der Waals surface area contributed by atoms with Crippen molar-refractivity contribution in [3.05, 3.63) is 121 Å². The van der Waals surface area contributed by atoms with E-state index in [1.54, 1.807) is 0 Å². The van der Waals surface area contributed by atoms with Crippen molar-refractivity contribution in [2.45, 2.75) is 25.7 Å². The van der Waals surface area contributed by atoms with Crippen LogP contribution in [0.3, 0.4) is 0 Å². The first-order valence-electron chi connectivity index (χ1n) is 13.4. The molecule has 0 spiro atoms. The van der Waals surface area contributed by atoms with E-state index < -0.39 is 0 Å². The quantitative estimate of drug-likeness (QED) is 0.180. The summed E-state index contributed by atoms with van der Waals surface area (Å²) in [5.74, 6) is 0. The van der Waals surface area contributed by atoms with E-state index in [-0.39, 0.29) is 0 Å². The number of imidazole rings is 2. The van der Waals surface area contributed by atoms with Gasteiger partial charge in [0.1, 0.15) is 11.3 Å². The van der Waals surface area contributed by atoms with E-state index in [4.69, 9.17) is 9.97 Å². The number of pyridine rings is 2. The second kappa shape index (κ2) is 8.42. The van der Waals surface area contributed by atoms with Gasteiger partial charge < -0.3 is 0 Å². The van der Waals surface area contributed by atoms with Gasteiger partial charge in [-0.2, -0.15) is 0 Å². The van der Waals surface area contributed by atoms with Gasteiger partial charge in [-0.1, -0.05) is 84.9 Å². The first-order valence-corrected chi connectivity index (χ1v) is 13.4. The molecule has 4 nitrogen and oxygen atoms in total. The topological polar surface area (TPSA) is 34.6 Å². The monoisotopic (exact) mass is 490 g/mol. The Hall–Kier alpha value is -4.70. The maximum Gasteiger partial charge on any atom is 0.145 e. The highest BCUT2D eigenvalue weighted by atomic mass is 15.0. The van der Waals surface area contributed by atoms with Gasteiger partial charge in [-0.05, 0) is 48.6 Å². The lowest BCUT2D eigenvalue weighted by Gasteiger charge is -2.07. The Labute approximate surface area is 219 Å². The maximum atomic E-state index is 5.08. The van der Waals surface area contributed by atoms with Crippen molar-refractivity contribution < 1.29 is 0 Å². The standard InChI is InChI=1S/C34H26N4/c1(11-23-21-37-31-19-9-7-15-27(31)25-13-3-5-17-29(25)33(37)35-23)2-12-24-22-38-32-20-10-8-16-28(32)26-14-4-6-18-30(26)34(38)36-24/h3-10,13-22H,1-2,11-12H2. The molecule has 38 heavy (non-hydrogen) atoms. The minimum absolute atomic E-state index is 0.962. The van der Waals surface area contributed by atoms with Crippen LogP contribution in [0.2, 0.25) is 0 Å². The Morgan fingerprint density at radius 3 is 1.24 bits per heavy atom. The van der Waals surface area contributed by atoms with Crippen LogP contribution in [0.15, 0.2) is 109 Å². The molecule has 0 aliphatic rings. The Morgan fingerprint density at radius 1 is 0.421 bits per heavy atom. The molecule has 0 radical (unpaired) electrons. The molecule has 4 heteroatoms. The second-order valence-corrected chi connectivity index (χ2v) is 10.2. The maximum absolute atomic E-state index is 5.08. The molecule has 4 heterocycles. The molecule has 0 saturated heterocycles. The highest BCUT2D eigenvalue weighted by Crippen LogP contribution is 2.31. The zero-order chi connectivity index (χ0) is 25.1. The van der Waals surface area contributed by atoms with Crippen LogP contribution in [0.25, 0.3) is 54.6 Å². The Morgan fingerprint density at radius 2 is 0.789 bits per heavy atom. The Balaban J connectivity index is 1.08. The van der Waals surface area contributed by atoms with Gasteiger partial charge in [-0.3, -0.25) is 8.80 Å². The van der Waals surface area contributed by atoms with Crippen LogP contribution in [-0.2, 0) is 12.8 Å². The number of unbranched alkanes of at least 4 members (excludes halogenated alkanes) is 1. The van der Waals surface area contributed by atoms with Crippen LogP contribution < -0.4 is 0 Å². The summed E-state index contributed by atoms with van der Waals surface area (Å²) in [5, 5.41) is 7.49. The van der Waals surface area contributed by atoms with Gasteiger partial charge in [0.2, 0.25) is 0 Å². The summed E-state index contributed by atoms with van der Waals surface area (Å²) < 4.78 is 4.54. The fourth-order valence-corrected chi connectivity index (χ4v) is 6.11. The minimum Gasteiger partial charge on any atom is -0.299 e. The molecule has 4 aromatic heterocycles. The second-order valence-electron chi connectivity index (χ2n) is 10.2. The van der Waals surface area contributed by atoms with E-state index in [1.165, 1.54) is 43.4 Å². The lowest BCUT2D eigenvalue weighted by atomic mass is 10.1. The fraction of sp³-hybridized carbons (Fsp3) is 0.118. The van der Waals surface area contributed by atoms with Crippen molar-refractivity contribution >= 4 is 54.6 Å². The molecule has 0 amide bonds. The average molecular weight is 491 g/mol. The molecule has 0 aliphatic heterocycles. The first-order chi connectivity index (χ1) is 18.8. The van der Waals surface area contributed by atoms with E-state index in [0.717, 1.165) is 48.4 Å². The third-order valence-electron chi connectivity index (χ3n) is 7.87. The summed E-state index contributed by atoms with van der Waals surface area (Å²) in [5.41, 5.74) is 6.83. The molecule has 0 saturated carbocycles. The highest BCUT2D eigenvalue weighted by molar-refractivity contribution is 6.12. The Kier molecular flexibility index (Phi) is 4.74. The lowest BCUT2D eigenvalue weighted by molar-refractivity contribution is 0.718. The van der Waals surface area contributed by atoms with Crippen molar-refractivity contribution in [2.24, 2.45) is 0 Å². The molecule has 0 aliphatic carbocycles. The predicted octanol–water partition coefficient (Wildman–Crippen LogP) is 8.16. The summed E-state index contributed by atoms with van der Waals surface area (Å²) in [6.45, 7) is 0. The minimum atomic E-state index is 0.962. The number of aromatic nitrogens is 4. The van der Waals surface area contributed by atoms with Crippen LogP contribution in [0.4, 0.5) is 0 Å². The number of hydrogen-bond acceptors (Lipinski definition) is 2. The van der Waals surface area contributed by atoms with Crippen molar-refractivity contribution in [1.29, 1.82) is 0 Å². The smallest absolute Gasteiger partial charge is 0.145 e. The molecule has 8 aromatic rings. The van der Waals surface area contributed by atoms with Crippen LogP contribution in [0, 0.1) is 0 Å². The van der Waals surface area contributed by atoms with Crippen LogP contribution >= 0.6 is 0 Å². The van der Waals surface area contributed by atoms with Crippen molar-refractivity contribution in [2.75, 3.05) is 0 Å². The Bertz CT molecular complexity index is 1850. The number of hydrogen-bond donors (Lipinski definition) is 0. The molecular formula is C34H26N4. The zero-order valence-corrected chi connectivity index (χ0v) is 21.0. The van der Waals surface area contributed by atoms with E-state index in [9.17, 15) is 0 Å². The van der Waals surface area contributed by atoms with Gasteiger partial charge >= 0.3 is 0 Å². The first kappa shape index (κ1) is 21.4. The number of para-hydroxylation sites is 2. The number of aryl methyl sites for hydroxylation is 2. The average Bonchev–Trinajstić information content (AvgIpc) is 3.61. The van der Waals surface area contributed by atoms with Crippen molar-refractivity contribution in [3.63, 3.8) is 0 Å². The van der Waals surface area contributed by atoms with Gasteiger partial charge in [-0.25, -0.2) is 9.97 Å². The van der Waals surface area contributed by atoms with Crippen molar-refractivity contribution in [1.82, 2.24) is 18.8 Å². The summed E-state index contributed by atoms with van der Waals surface area (Å²) in [7, 11) is 0. The van der Waals surface area contributed by atoms with Gasteiger partial charge in [0, 0.05) is 33.9 Å². The molecule has 0 fully saturated rings. The molecule has 0 unspecified atom stereocenters. The number of nitrogens with zero attached hydrogens (tertiary/aromatic N) is 4. The number of benzene rings is 4. The van der Waals surface area contributed by atoms with Gasteiger partial charge in [0.05, 0.1) is 22.4 Å². The van der Waals surface area contributed by atoms with Gasteiger partial charge in [-0.15, -0.1) is 0 Å². The molecule has 8 rings (SSSR count). The number of fused-ring (bicyclic) bond motifs is 12. The normalized spacial score (nSPS) is 12.1. The molecule has 0 atom stereocenters. The van der Waals surface area contributed by atoms with E-state index in [2.05, 4.69) is 118 Å². The largest absolute Gasteiger partial charge is 0.299 e. The lowest BCUT2D eigenvalue weighted by Crippen LogP contribution is -1.89. The van der Waals surface area contributed by atoms with Crippen molar-refractivity contribution in [3.8, 4) is 0 Å². The zero-order valence-electron chi connectivity index (χ0n) is 21.0. The predicted molar refractivity (Wildman–Crippen MR) is 157 cm³/mol. The summed E-state index contributed by atoms with van der Waals surface area (Å²) >= 11 is 0. The third-order valence-corrected chi connectivity index (χ3v) is 7.87. The van der Waals surface area contributed by atoms with Gasteiger partial charge in [0.25, 0.3) is 0 Å². The third kappa shape index (κ3) is 3.23. The van der Waals surface area contributed by atoms with E-state index in [0.29, 0.717) is 0 Å². The summed E-state index contributed by atoms with van der Waals surface area (Å²) in [6.07, 6.45) is 8.54. The molecule has 4 aromatic carbocycles. The van der Waals surface area contributed by atoms with Crippen LogP contribution in [-0.4, -0.2) is 18.8 Å². The number of rotatable bonds is 5. The SMILES string of the molecule is c1ccc2c(c1)c1ccccc1n1cc(CCCCc3cn4c5ccccc5c5ccccc5c4n3)nc21. The van der Waals surface area contributed by atoms with E-state index >= 15 is 0 Å². The molecule has 182 valence electrons.